The second-order valence-corrected chi connectivity index (χ2v) is 5.23. The van der Waals surface area contributed by atoms with Gasteiger partial charge in [0.15, 0.2) is 0 Å². The quantitative estimate of drug-likeness (QED) is 0.693. The number of hydrogen-bond acceptors (Lipinski definition) is 5. The third kappa shape index (κ3) is 3.83. The van der Waals surface area contributed by atoms with E-state index in [0.29, 0.717) is 12.3 Å². The Balaban J connectivity index is 2.45. The Morgan fingerprint density at radius 3 is 2.87 bits per heavy atom. The van der Waals surface area contributed by atoms with Gasteiger partial charge >= 0.3 is 5.97 Å². The molecule has 1 aromatic heterocycles. The molecule has 4 nitrogen and oxygen atoms in total. The summed E-state index contributed by atoms with van der Waals surface area (Å²) < 4.78 is 0. The number of hydrogen-bond donors (Lipinski definition) is 3. The molecule has 0 bridgehead atoms. The van der Waals surface area contributed by atoms with Crippen molar-refractivity contribution in [1.82, 2.24) is 0 Å². The van der Waals surface area contributed by atoms with Gasteiger partial charge in [0.25, 0.3) is 0 Å². The lowest BCUT2D eigenvalue weighted by molar-refractivity contribution is -0.137. The molecule has 0 aromatic carbocycles. The number of aliphatic carboxylic acids is 1. The standard InChI is InChI=1S/C9H14N2O2S2/c10-4-8(7-2-1-3-14-7)15-5-6(11)9(12)13/h1-3,6,8H,4-5,10-11H2,(H,12,13)/t6-,8-/m0/s1. The largest absolute Gasteiger partial charge is 0.480 e. The number of rotatable bonds is 6. The molecule has 6 heteroatoms. The Labute approximate surface area is 96.7 Å². The summed E-state index contributed by atoms with van der Waals surface area (Å²) in [5, 5.41) is 10.8. The van der Waals surface area contributed by atoms with Gasteiger partial charge in [-0.25, -0.2) is 0 Å². The molecule has 1 aromatic rings. The summed E-state index contributed by atoms with van der Waals surface area (Å²) in [5.74, 6) is -0.584. The second-order valence-electron chi connectivity index (χ2n) is 3.02. The lowest BCUT2D eigenvalue weighted by Gasteiger charge is -2.14. The van der Waals surface area contributed by atoms with Crippen molar-refractivity contribution in [1.29, 1.82) is 0 Å². The summed E-state index contributed by atoms with van der Waals surface area (Å²) in [4.78, 5) is 11.7. The predicted molar refractivity (Wildman–Crippen MR) is 64.2 cm³/mol. The van der Waals surface area contributed by atoms with Crippen LogP contribution in [0.5, 0.6) is 0 Å². The van der Waals surface area contributed by atoms with Crippen molar-refractivity contribution in [3.05, 3.63) is 22.4 Å². The summed E-state index contributed by atoms with van der Waals surface area (Å²) in [6.45, 7) is 0.498. The average Bonchev–Trinajstić information content (AvgIpc) is 2.71. The van der Waals surface area contributed by atoms with Crippen molar-refractivity contribution in [3.63, 3.8) is 0 Å². The number of thioether (sulfide) groups is 1. The Morgan fingerprint density at radius 1 is 1.67 bits per heavy atom. The number of carbonyl (C=O) groups is 1. The lowest BCUT2D eigenvalue weighted by Crippen LogP contribution is -2.33. The number of carboxylic acids is 1. The van der Waals surface area contributed by atoms with E-state index >= 15 is 0 Å². The van der Waals surface area contributed by atoms with Gasteiger partial charge in [-0.05, 0) is 11.4 Å². The summed E-state index contributed by atoms with van der Waals surface area (Å²) in [7, 11) is 0. The lowest BCUT2D eigenvalue weighted by atomic mass is 10.3. The maximum atomic E-state index is 10.5. The fourth-order valence-corrected chi connectivity index (χ4v) is 3.08. The SMILES string of the molecule is NC[C@H](SC[C@H](N)C(=O)O)c1cccs1. The van der Waals surface area contributed by atoms with Crippen LogP contribution in [0.4, 0.5) is 0 Å². The van der Waals surface area contributed by atoms with E-state index in [9.17, 15) is 4.79 Å². The zero-order chi connectivity index (χ0) is 11.3. The van der Waals surface area contributed by atoms with Gasteiger partial charge in [-0.3, -0.25) is 4.79 Å². The Bertz CT molecular complexity index is 303. The molecular formula is C9H14N2O2S2. The highest BCUT2D eigenvalue weighted by Gasteiger charge is 2.16. The first-order chi connectivity index (χ1) is 7.15. The van der Waals surface area contributed by atoms with Crippen molar-refractivity contribution in [2.45, 2.75) is 11.3 Å². The smallest absolute Gasteiger partial charge is 0.321 e. The van der Waals surface area contributed by atoms with Crippen molar-refractivity contribution >= 4 is 29.1 Å². The Hall–Kier alpha value is -0.560. The van der Waals surface area contributed by atoms with Crippen LogP contribution in [-0.2, 0) is 4.79 Å². The van der Waals surface area contributed by atoms with E-state index in [-0.39, 0.29) is 5.25 Å². The van der Waals surface area contributed by atoms with E-state index in [1.54, 1.807) is 11.3 Å². The molecule has 0 aliphatic rings. The average molecular weight is 246 g/mol. The molecule has 0 aliphatic carbocycles. The van der Waals surface area contributed by atoms with Gasteiger partial charge in [-0.2, -0.15) is 0 Å². The van der Waals surface area contributed by atoms with Gasteiger partial charge in [0.1, 0.15) is 6.04 Å². The van der Waals surface area contributed by atoms with E-state index in [2.05, 4.69) is 0 Å². The van der Waals surface area contributed by atoms with Crippen LogP contribution >= 0.6 is 23.1 Å². The highest BCUT2D eigenvalue weighted by molar-refractivity contribution is 7.99. The fraction of sp³-hybridized carbons (Fsp3) is 0.444. The molecule has 84 valence electrons. The fourth-order valence-electron chi connectivity index (χ4n) is 1.03. The van der Waals surface area contributed by atoms with Gasteiger partial charge in [0.05, 0.1) is 5.25 Å². The maximum Gasteiger partial charge on any atom is 0.321 e. The van der Waals surface area contributed by atoms with Crippen LogP contribution in [0.1, 0.15) is 10.1 Å². The molecule has 0 unspecified atom stereocenters. The molecule has 15 heavy (non-hydrogen) atoms. The molecule has 0 fully saturated rings. The first kappa shape index (κ1) is 12.5. The van der Waals surface area contributed by atoms with Crippen LogP contribution in [0.15, 0.2) is 17.5 Å². The molecule has 0 spiro atoms. The van der Waals surface area contributed by atoms with E-state index in [1.165, 1.54) is 16.6 Å². The van der Waals surface area contributed by atoms with Crippen LogP contribution in [-0.4, -0.2) is 29.4 Å². The van der Waals surface area contributed by atoms with Crippen molar-refractivity contribution in [2.24, 2.45) is 11.5 Å². The third-order valence-electron chi connectivity index (χ3n) is 1.87. The number of carboxylic acid groups (broad SMARTS) is 1. The van der Waals surface area contributed by atoms with Gasteiger partial charge in [0, 0.05) is 17.2 Å². The van der Waals surface area contributed by atoms with E-state index in [4.69, 9.17) is 16.6 Å². The van der Waals surface area contributed by atoms with Crippen LogP contribution in [0.3, 0.4) is 0 Å². The van der Waals surface area contributed by atoms with Gasteiger partial charge < -0.3 is 16.6 Å². The monoisotopic (exact) mass is 246 g/mol. The topological polar surface area (TPSA) is 89.3 Å². The first-order valence-corrected chi connectivity index (χ1v) is 6.41. The molecule has 0 amide bonds. The first-order valence-electron chi connectivity index (χ1n) is 4.48. The number of thiophene rings is 1. The zero-order valence-electron chi connectivity index (χ0n) is 8.13. The Morgan fingerprint density at radius 2 is 2.40 bits per heavy atom. The maximum absolute atomic E-state index is 10.5. The van der Waals surface area contributed by atoms with Crippen LogP contribution in [0.2, 0.25) is 0 Å². The van der Waals surface area contributed by atoms with Crippen LogP contribution in [0.25, 0.3) is 0 Å². The van der Waals surface area contributed by atoms with Gasteiger partial charge in [0.2, 0.25) is 0 Å². The van der Waals surface area contributed by atoms with Crippen molar-refractivity contribution in [3.8, 4) is 0 Å². The highest BCUT2D eigenvalue weighted by Crippen LogP contribution is 2.31. The van der Waals surface area contributed by atoms with E-state index < -0.39 is 12.0 Å². The molecule has 1 heterocycles. The molecule has 0 aliphatic heterocycles. The van der Waals surface area contributed by atoms with Crippen LogP contribution in [0, 0.1) is 0 Å². The molecule has 0 radical (unpaired) electrons. The van der Waals surface area contributed by atoms with E-state index in [1.807, 2.05) is 17.5 Å². The molecule has 0 saturated heterocycles. The summed E-state index contributed by atoms with van der Waals surface area (Å²) in [6, 6.07) is 3.14. The molecule has 1 rings (SSSR count). The Kier molecular flexibility index (Phi) is 5.10. The highest BCUT2D eigenvalue weighted by atomic mass is 32.2. The molecule has 0 saturated carbocycles. The van der Waals surface area contributed by atoms with Gasteiger partial charge in [-0.1, -0.05) is 6.07 Å². The summed E-state index contributed by atoms with van der Waals surface area (Å²) in [6.07, 6.45) is 0. The minimum absolute atomic E-state index is 0.149. The molecule has 2 atom stereocenters. The van der Waals surface area contributed by atoms with E-state index in [0.717, 1.165) is 0 Å². The predicted octanol–water partition coefficient (Wildman–Crippen LogP) is 0.893. The normalized spacial score (nSPS) is 14.8. The third-order valence-corrected chi connectivity index (χ3v) is 4.40. The summed E-state index contributed by atoms with van der Waals surface area (Å²) >= 11 is 3.12. The second kappa shape index (κ2) is 6.12. The summed E-state index contributed by atoms with van der Waals surface area (Å²) in [5.41, 5.74) is 11.0. The molecular weight excluding hydrogens is 232 g/mol. The molecule has 5 N–H and O–H groups in total. The van der Waals surface area contributed by atoms with Crippen LogP contribution < -0.4 is 11.5 Å². The zero-order valence-corrected chi connectivity index (χ0v) is 9.76. The van der Waals surface area contributed by atoms with Crippen molar-refractivity contribution in [2.75, 3.05) is 12.3 Å². The minimum atomic E-state index is -0.968. The van der Waals surface area contributed by atoms with Gasteiger partial charge in [-0.15, -0.1) is 23.1 Å². The van der Waals surface area contributed by atoms with Crippen molar-refractivity contribution < 1.29 is 9.90 Å². The number of nitrogens with two attached hydrogens (primary N) is 2. The minimum Gasteiger partial charge on any atom is -0.480 e.